The lowest BCUT2D eigenvalue weighted by Gasteiger charge is -2.36. The quantitative estimate of drug-likeness (QED) is 0.175. The van der Waals surface area contributed by atoms with Crippen LogP contribution in [0.15, 0.2) is 115 Å². The van der Waals surface area contributed by atoms with Crippen LogP contribution >= 0.6 is 11.6 Å². The first-order chi connectivity index (χ1) is 20.4. The SMILES string of the molecule is CC1(C)O[C@H]2[C@H]([C@H](O)CNc3nccnc3Cl)C=C(COC(c3ccccc3)(c3ccccc3)c3ccccc3)[C@H]2O1. The first-order valence-corrected chi connectivity index (χ1v) is 14.5. The lowest BCUT2D eigenvalue weighted by Crippen LogP contribution is -2.37. The Labute approximate surface area is 251 Å². The third-order valence-electron chi connectivity index (χ3n) is 7.85. The molecule has 0 spiro atoms. The number of nitrogens with one attached hydrogen (secondary N) is 1. The summed E-state index contributed by atoms with van der Waals surface area (Å²) in [6.45, 7) is 4.27. The van der Waals surface area contributed by atoms with E-state index >= 15 is 0 Å². The molecule has 0 amide bonds. The molecule has 0 radical (unpaired) electrons. The number of halogens is 1. The van der Waals surface area contributed by atoms with Crippen molar-refractivity contribution >= 4 is 17.4 Å². The highest BCUT2D eigenvalue weighted by Gasteiger charge is 2.52. The number of benzene rings is 3. The molecule has 0 bridgehead atoms. The summed E-state index contributed by atoms with van der Waals surface area (Å²) in [6.07, 6.45) is 3.59. The summed E-state index contributed by atoms with van der Waals surface area (Å²) in [5.74, 6) is -0.718. The van der Waals surface area contributed by atoms with Gasteiger partial charge in [-0.15, -0.1) is 0 Å². The average Bonchev–Trinajstić information content (AvgIpc) is 3.51. The third kappa shape index (κ3) is 5.59. The largest absolute Gasteiger partial charge is 0.391 e. The van der Waals surface area contributed by atoms with Gasteiger partial charge in [-0.05, 0) is 36.1 Å². The number of anilines is 1. The number of hydrogen-bond donors (Lipinski definition) is 2. The maximum atomic E-state index is 11.3. The zero-order valence-corrected chi connectivity index (χ0v) is 24.3. The summed E-state index contributed by atoms with van der Waals surface area (Å²) >= 11 is 6.16. The molecule has 2 N–H and O–H groups in total. The monoisotopic (exact) mass is 583 g/mol. The van der Waals surface area contributed by atoms with Crippen molar-refractivity contribution in [3.8, 4) is 0 Å². The van der Waals surface area contributed by atoms with Crippen molar-refractivity contribution in [2.75, 3.05) is 18.5 Å². The highest BCUT2D eigenvalue weighted by molar-refractivity contribution is 6.31. The molecule has 0 unspecified atom stereocenters. The maximum absolute atomic E-state index is 11.3. The number of aliphatic hydroxyl groups excluding tert-OH is 1. The van der Waals surface area contributed by atoms with Crippen molar-refractivity contribution in [2.45, 2.75) is 43.5 Å². The molecule has 1 saturated heterocycles. The van der Waals surface area contributed by atoms with Crippen LogP contribution in [0.2, 0.25) is 5.15 Å². The summed E-state index contributed by atoms with van der Waals surface area (Å²) in [5, 5.41) is 14.7. The van der Waals surface area contributed by atoms with E-state index in [1.165, 1.54) is 6.20 Å². The van der Waals surface area contributed by atoms with Crippen LogP contribution in [0.5, 0.6) is 0 Å². The van der Waals surface area contributed by atoms with Crippen LogP contribution in [-0.2, 0) is 19.8 Å². The lowest BCUT2D eigenvalue weighted by atomic mass is 9.80. The number of rotatable bonds is 10. The molecule has 1 aromatic heterocycles. The fraction of sp³-hybridized carbons (Fsp3) is 0.294. The standard InChI is InChI=1S/C34H34ClN3O4/c1-33(2)41-29-23(20-27(30(29)42-33)28(39)21-38-32-31(35)36-18-19-37-32)22-40-34(24-12-6-3-7-13-24,25-14-8-4-9-15-25)26-16-10-5-11-17-26/h3-20,27-30,39H,21-22H2,1-2H3,(H,37,38)/t27-,28+,29+,30-/m0/s1. The van der Waals surface area contributed by atoms with Crippen LogP contribution in [0.3, 0.4) is 0 Å². The summed E-state index contributed by atoms with van der Waals surface area (Å²) in [4.78, 5) is 8.26. The van der Waals surface area contributed by atoms with Gasteiger partial charge >= 0.3 is 0 Å². The van der Waals surface area contributed by atoms with E-state index in [1.54, 1.807) is 6.20 Å². The van der Waals surface area contributed by atoms with E-state index in [-0.39, 0.29) is 36.4 Å². The van der Waals surface area contributed by atoms with Crippen molar-refractivity contribution in [1.82, 2.24) is 9.97 Å². The van der Waals surface area contributed by atoms with E-state index in [0.717, 1.165) is 22.3 Å². The smallest absolute Gasteiger partial charge is 0.171 e. The van der Waals surface area contributed by atoms with Crippen molar-refractivity contribution in [2.24, 2.45) is 5.92 Å². The Morgan fingerprint density at radius 3 is 1.98 bits per heavy atom. The molecule has 8 heteroatoms. The van der Waals surface area contributed by atoms with Gasteiger partial charge in [-0.2, -0.15) is 0 Å². The van der Waals surface area contributed by atoms with Crippen LogP contribution in [0, 0.1) is 5.92 Å². The van der Waals surface area contributed by atoms with Gasteiger partial charge in [0, 0.05) is 24.9 Å². The van der Waals surface area contributed by atoms with Crippen LogP contribution in [0.1, 0.15) is 30.5 Å². The van der Waals surface area contributed by atoms with Crippen LogP contribution in [0.25, 0.3) is 0 Å². The second kappa shape index (κ2) is 12.0. The van der Waals surface area contributed by atoms with E-state index in [2.05, 4.69) is 51.7 Å². The predicted octanol–water partition coefficient (Wildman–Crippen LogP) is 5.99. The van der Waals surface area contributed by atoms with Gasteiger partial charge in [-0.3, -0.25) is 0 Å². The van der Waals surface area contributed by atoms with E-state index < -0.39 is 17.5 Å². The number of fused-ring (bicyclic) bond motifs is 1. The number of nitrogens with zero attached hydrogens (tertiary/aromatic N) is 2. The Balaban J connectivity index is 1.33. The molecule has 1 aliphatic heterocycles. The van der Waals surface area contributed by atoms with Gasteiger partial charge in [0.2, 0.25) is 0 Å². The molecule has 1 fully saturated rings. The molecule has 3 aromatic carbocycles. The van der Waals surface area contributed by atoms with E-state index in [4.69, 9.17) is 25.8 Å². The van der Waals surface area contributed by atoms with Crippen LogP contribution in [-0.4, -0.2) is 52.3 Å². The topological polar surface area (TPSA) is 85.7 Å². The fourth-order valence-corrected chi connectivity index (χ4v) is 6.16. The Morgan fingerprint density at radius 1 is 0.881 bits per heavy atom. The summed E-state index contributed by atoms with van der Waals surface area (Å²) < 4.78 is 19.8. The van der Waals surface area contributed by atoms with Gasteiger partial charge in [0.15, 0.2) is 16.8 Å². The number of aliphatic hydroxyl groups is 1. The fourth-order valence-electron chi connectivity index (χ4n) is 5.99. The second-order valence-electron chi connectivity index (χ2n) is 11.1. The number of ether oxygens (including phenoxy) is 3. The van der Waals surface area contributed by atoms with Crippen molar-refractivity contribution < 1.29 is 19.3 Å². The van der Waals surface area contributed by atoms with Crippen LogP contribution in [0.4, 0.5) is 5.82 Å². The Morgan fingerprint density at radius 2 is 1.43 bits per heavy atom. The van der Waals surface area contributed by atoms with Gasteiger partial charge in [-0.25, -0.2) is 9.97 Å². The first-order valence-electron chi connectivity index (χ1n) is 14.1. The van der Waals surface area contributed by atoms with Gasteiger partial charge in [-0.1, -0.05) is 109 Å². The van der Waals surface area contributed by atoms with E-state index in [0.29, 0.717) is 5.82 Å². The second-order valence-corrected chi connectivity index (χ2v) is 11.4. The molecule has 2 heterocycles. The minimum atomic E-state index is -0.879. The molecular weight excluding hydrogens is 550 g/mol. The third-order valence-corrected chi connectivity index (χ3v) is 8.13. The van der Waals surface area contributed by atoms with E-state index in [1.807, 2.05) is 74.5 Å². The predicted molar refractivity (Wildman–Crippen MR) is 162 cm³/mol. The molecule has 4 aromatic rings. The zero-order valence-electron chi connectivity index (χ0n) is 23.6. The summed E-state index contributed by atoms with van der Waals surface area (Å²) in [5.41, 5.74) is 3.10. The molecule has 0 saturated carbocycles. The van der Waals surface area contributed by atoms with Crippen LogP contribution < -0.4 is 5.32 Å². The minimum Gasteiger partial charge on any atom is -0.391 e. The Kier molecular flexibility index (Phi) is 8.12. The van der Waals surface area contributed by atoms with Crippen molar-refractivity contribution in [1.29, 1.82) is 0 Å². The normalized spacial score (nSPS) is 21.9. The average molecular weight is 584 g/mol. The summed E-state index contributed by atoms with van der Waals surface area (Å²) in [7, 11) is 0. The highest BCUT2D eigenvalue weighted by atomic mass is 35.5. The van der Waals surface area contributed by atoms with E-state index in [9.17, 15) is 5.11 Å². The molecule has 6 rings (SSSR count). The minimum absolute atomic E-state index is 0.211. The Bertz CT molecular complexity index is 1420. The molecule has 42 heavy (non-hydrogen) atoms. The van der Waals surface area contributed by atoms with Crippen molar-refractivity contribution in [3.63, 3.8) is 0 Å². The van der Waals surface area contributed by atoms with Gasteiger partial charge in [0.25, 0.3) is 0 Å². The Hall–Kier alpha value is -3.59. The zero-order chi connectivity index (χ0) is 29.2. The highest BCUT2D eigenvalue weighted by Crippen LogP contribution is 2.45. The maximum Gasteiger partial charge on any atom is 0.171 e. The van der Waals surface area contributed by atoms with Gasteiger partial charge < -0.3 is 24.6 Å². The number of hydrogen-bond acceptors (Lipinski definition) is 7. The molecule has 216 valence electrons. The molecular formula is C34H34ClN3O4. The molecule has 7 nitrogen and oxygen atoms in total. The van der Waals surface area contributed by atoms with Gasteiger partial charge in [0.1, 0.15) is 11.7 Å². The van der Waals surface area contributed by atoms with Crippen molar-refractivity contribution in [3.05, 3.63) is 137 Å². The molecule has 1 aliphatic carbocycles. The van der Waals surface area contributed by atoms with Gasteiger partial charge in [0.05, 0.1) is 18.8 Å². The number of aromatic nitrogens is 2. The molecule has 4 atom stereocenters. The summed E-state index contributed by atoms with van der Waals surface area (Å²) in [6, 6.07) is 30.8. The molecule has 2 aliphatic rings. The first kappa shape index (κ1) is 28.5. The lowest BCUT2D eigenvalue weighted by molar-refractivity contribution is -0.152.